The highest BCUT2D eigenvalue weighted by atomic mass is 32.2. The lowest BCUT2D eigenvalue weighted by Gasteiger charge is -2.41. The van der Waals surface area contributed by atoms with Crippen LogP contribution in [-0.2, 0) is 14.8 Å². The van der Waals surface area contributed by atoms with Gasteiger partial charge in [0.05, 0.1) is 46.9 Å². The lowest BCUT2D eigenvalue weighted by atomic mass is 9.92. The number of nitrogens with one attached hydrogen (secondary N) is 1. The summed E-state index contributed by atoms with van der Waals surface area (Å²) in [4.78, 5) is 14.0. The summed E-state index contributed by atoms with van der Waals surface area (Å²) in [6.45, 7) is 5.89. The van der Waals surface area contributed by atoms with Crippen molar-refractivity contribution in [1.82, 2.24) is 25.0 Å². The lowest BCUT2D eigenvalue weighted by Crippen LogP contribution is -2.44. The molecule has 2 N–H and O–H groups in total. The molecule has 0 radical (unpaired) electrons. The van der Waals surface area contributed by atoms with Gasteiger partial charge >= 0.3 is 0 Å². The van der Waals surface area contributed by atoms with E-state index in [9.17, 15) is 8.42 Å². The Morgan fingerprint density at radius 1 is 1.07 bits per heavy atom. The highest BCUT2D eigenvalue weighted by Gasteiger charge is 2.32. The lowest BCUT2D eigenvalue weighted by molar-refractivity contribution is -0.0500. The number of ether oxygens (including phenoxy) is 1. The third kappa shape index (κ3) is 6.31. The number of aromatic nitrogens is 5. The molecule has 12 nitrogen and oxygen atoms in total. The summed E-state index contributed by atoms with van der Waals surface area (Å²) in [6, 6.07) is 7.23. The van der Waals surface area contributed by atoms with E-state index in [1.807, 2.05) is 24.4 Å². The zero-order chi connectivity index (χ0) is 28.5. The average Bonchev–Trinajstić information content (AvgIpc) is 3.46. The number of fused-ring (bicyclic) bond motifs is 5. The van der Waals surface area contributed by atoms with Crippen LogP contribution in [0.2, 0.25) is 0 Å². The molecule has 0 spiro atoms. The van der Waals surface area contributed by atoms with Crippen molar-refractivity contribution in [3.63, 3.8) is 0 Å². The summed E-state index contributed by atoms with van der Waals surface area (Å²) in [7, 11) is -3.67. The Morgan fingerprint density at radius 3 is 2.73 bits per heavy atom. The maximum absolute atomic E-state index is 12.4. The van der Waals surface area contributed by atoms with Crippen LogP contribution < -0.4 is 14.5 Å². The Hall–Kier alpha value is -3.29. The van der Waals surface area contributed by atoms with Crippen LogP contribution in [0.1, 0.15) is 45.4 Å². The number of anilines is 3. The maximum atomic E-state index is 12.4. The summed E-state index contributed by atoms with van der Waals surface area (Å²) < 4.78 is 35.6. The quantitative estimate of drug-likeness (QED) is 0.472. The number of aliphatic hydroxyl groups is 1. The minimum atomic E-state index is -3.67. The summed E-state index contributed by atoms with van der Waals surface area (Å²) in [5.74, 6) is 0.943. The van der Waals surface area contributed by atoms with E-state index in [0.717, 1.165) is 76.3 Å². The third-order valence-corrected chi connectivity index (χ3v) is 9.69. The average molecular weight is 583 g/mol. The largest absolute Gasteiger partial charge is 0.395 e. The Bertz CT molecular complexity index is 1470. The van der Waals surface area contributed by atoms with Gasteiger partial charge in [0, 0.05) is 39.0 Å². The highest BCUT2D eigenvalue weighted by Crippen LogP contribution is 2.35. The van der Waals surface area contributed by atoms with Crippen molar-refractivity contribution in [2.45, 2.75) is 51.0 Å². The van der Waals surface area contributed by atoms with Gasteiger partial charge in [-0.25, -0.2) is 23.1 Å². The van der Waals surface area contributed by atoms with E-state index in [4.69, 9.17) is 14.8 Å². The molecule has 41 heavy (non-hydrogen) atoms. The van der Waals surface area contributed by atoms with Crippen LogP contribution in [0.5, 0.6) is 0 Å². The standard InChI is InChI=1S/C28H38N8O4S/c1-28-9-13-34(14-10-28)26-18-22(32-41(38,39)17-15-37)6-7-25(26)36-20-24(31-33-36)23-8-11-29-27(30-23)35-12-2-4-21(19-35)5-3-16-40-28/h6-8,11,18,20-21,32,37H,2-5,9-10,12-17,19H2,1H3. The molecule has 7 rings (SSSR count). The number of aliphatic hydroxyl groups excluding tert-OH is 1. The molecule has 1 aromatic carbocycles. The molecule has 2 saturated heterocycles. The Morgan fingerprint density at radius 2 is 1.90 bits per heavy atom. The second-order valence-electron chi connectivity index (χ2n) is 11.5. The van der Waals surface area contributed by atoms with Crippen LogP contribution in [0.4, 0.5) is 17.3 Å². The van der Waals surface area contributed by atoms with Crippen LogP contribution >= 0.6 is 0 Å². The molecule has 1 unspecified atom stereocenters. The van der Waals surface area contributed by atoms with E-state index in [1.54, 1.807) is 16.9 Å². The number of sulfonamides is 1. The normalized spacial score (nSPS) is 23.3. The fourth-order valence-electron chi connectivity index (χ4n) is 6.06. The van der Waals surface area contributed by atoms with E-state index in [2.05, 4.69) is 36.7 Å². The summed E-state index contributed by atoms with van der Waals surface area (Å²) in [5, 5.41) is 18.1. The Kier molecular flexibility index (Phi) is 7.84. The predicted octanol–water partition coefficient (Wildman–Crippen LogP) is 2.84. The van der Waals surface area contributed by atoms with Gasteiger partial charge in [0.25, 0.3) is 0 Å². The smallest absolute Gasteiger partial charge is 0.234 e. The molecule has 1 atom stereocenters. The van der Waals surface area contributed by atoms with Crippen molar-refractivity contribution >= 4 is 27.3 Å². The monoisotopic (exact) mass is 582 g/mol. The molecule has 2 aromatic heterocycles. The summed E-state index contributed by atoms with van der Waals surface area (Å²) in [5.41, 5.74) is 3.20. The first kappa shape index (κ1) is 27.9. The van der Waals surface area contributed by atoms with E-state index in [1.165, 1.54) is 6.42 Å². The first-order chi connectivity index (χ1) is 19.8. The molecule has 0 amide bonds. The molecule has 6 heterocycles. The summed E-state index contributed by atoms with van der Waals surface area (Å²) in [6.07, 6.45) is 9.83. The van der Waals surface area contributed by atoms with Gasteiger partial charge < -0.3 is 19.6 Å². The molecule has 4 aliphatic heterocycles. The van der Waals surface area contributed by atoms with Gasteiger partial charge in [-0.3, -0.25) is 4.72 Å². The Balaban J connectivity index is 1.38. The van der Waals surface area contributed by atoms with Gasteiger partial charge in [-0.05, 0) is 75.6 Å². The second kappa shape index (κ2) is 11.5. The zero-order valence-electron chi connectivity index (χ0n) is 23.4. The molecule has 4 aliphatic rings. The number of rotatable bonds is 4. The van der Waals surface area contributed by atoms with Crippen LogP contribution in [0, 0.1) is 5.92 Å². The summed E-state index contributed by atoms with van der Waals surface area (Å²) >= 11 is 0. The molecule has 8 bridgehead atoms. The molecule has 2 fully saturated rings. The minimum Gasteiger partial charge on any atom is -0.395 e. The van der Waals surface area contributed by atoms with Gasteiger partial charge in [0.2, 0.25) is 16.0 Å². The van der Waals surface area contributed by atoms with E-state index in [-0.39, 0.29) is 11.4 Å². The molecular weight excluding hydrogens is 544 g/mol. The first-order valence-electron chi connectivity index (χ1n) is 14.5. The van der Waals surface area contributed by atoms with Crippen molar-refractivity contribution in [3.8, 4) is 17.1 Å². The molecule has 0 saturated carbocycles. The number of hydrogen-bond donors (Lipinski definition) is 2. The van der Waals surface area contributed by atoms with Gasteiger partial charge in [-0.1, -0.05) is 5.21 Å². The van der Waals surface area contributed by atoms with Crippen molar-refractivity contribution in [1.29, 1.82) is 0 Å². The van der Waals surface area contributed by atoms with Crippen molar-refractivity contribution in [2.24, 2.45) is 5.92 Å². The zero-order valence-corrected chi connectivity index (χ0v) is 24.3. The van der Waals surface area contributed by atoms with Crippen molar-refractivity contribution < 1.29 is 18.3 Å². The molecular formula is C28H38N8O4S. The van der Waals surface area contributed by atoms with E-state index < -0.39 is 16.6 Å². The molecule has 13 heteroatoms. The molecule has 3 aromatic rings. The highest BCUT2D eigenvalue weighted by molar-refractivity contribution is 7.92. The molecule has 0 aliphatic carbocycles. The number of nitrogens with zero attached hydrogens (tertiary/aromatic N) is 7. The van der Waals surface area contributed by atoms with Gasteiger partial charge in [-0.2, -0.15) is 0 Å². The first-order valence-corrected chi connectivity index (χ1v) is 16.1. The topological polar surface area (TPSA) is 139 Å². The van der Waals surface area contributed by atoms with Crippen molar-refractivity contribution in [3.05, 3.63) is 36.7 Å². The maximum Gasteiger partial charge on any atom is 0.234 e. The van der Waals surface area contributed by atoms with Gasteiger partial charge in [0.1, 0.15) is 5.69 Å². The number of piperidine rings is 2. The van der Waals surface area contributed by atoms with Crippen LogP contribution in [0.15, 0.2) is 36.7 Å². The molecule has 220 valence electrons. The SMILES string of the molecule is CC12CCN(CC1)c1cc(NS(=O)(=O)CCO)ccc1-n1cc(nn1)-c1ccnc(n1)N1CCCC(CCCO2)C1. The van der Waals surface area contributed by atoms with E-state index >= 15 is 0 Å². The predicted molar refractivity (Wildman–Crippen MR) is 157 cm³/mol. The Labute approximate surface area is 240 Å². The number of benzene rings is 1. The van der Waals surface area contributed by atoms with Crippen molar-refractivity contribution in [2.75, 3.05) is 59.7 Å². The van der Waals surface area contributed by atoms with Crippen LogP contribution in [0.25, 0.3) is 17.1 Å². The minimum absolute atomic E-state index is 0.202. The fraction of sp³-hybridized carbons (Fsp3) is 0.571. The van der Waals surface area contributed by atoms with Crippen LogP contribution in [0.3, 0.4) is 0 Å². The second-order valence-corrected chi connectivity index (χ2v) is 13.4. The van der Waals surface area contributed by atoms with Crippen LogP contribution in [-0.4, -0.2) is 89.2 Å². The van der Waals surface area contributed by atoms with E-state index in [0.29, 0.717) is 28.9 Å². The van der Waals surface area contributed by atoms with Gasteiger partial charge in [-0.15, -0.1) is 5.10 Å². The number of hydrogen-bond acceptors (Lipinski definition) is 10. The third-order valence-electron chi connectivity index (χ3n) is 8.43. The fourth-order valence-corrected chi connectivity index (χ4v) is 6.89. The van der Waals surface area contributed by atoms with Gasteiger partial charge in [0.15, 0.2) is 0 Å².